The smallest absolute Gasteiger partial charge is 0.172 e. The maximum Gasteiger partial charge on any atom is 0.172 e. The molecular formula is C19H13F2I. The summed E-state index contributed by atoms with van der Waals surface area (Å²) in [7, 11) is 0. The van der Waals surface area contributed by atoms with Crippen LogP contribution in [0.3, 0.4) is 0 Å². The third kappa shape index (κ3) is 2.90. The molecule has 0 N–H and O–H groups in total. The number of aryl methyl sites for hydroxylation is 1. The summed E-state index contributed by atoms with van der Waals surface area (Å²) in [5.74, 6) is -1.59. The highest BCUT2D eigenvalue weighted by molar-refractivity contribution is 14.1. The molecule has 0 saturated carbocycles. The summed E-state index contributed by atoms with van der Waals surface area (Å²) >= 11 is 1.79. The average Bonchev–Trinajstić information content (AvgIpc) is 2.54. The maximum atomic E-state index is 14.0. The Morgan fingerprint density at radius 1 is 0.636 bits per heavy atom. The van der Waals surface area contributed by atoms with Gasteiger partial charge in [-0.3, -0.25) is 0 Å². The second-order valence-electron chi connectivity index (χ2n) is 5.17. The van der Waals surface area contributed by atoms with E-state index in [9.17, 15) is 8.78 Å². The third-order valence-corrected chi connectivity index (χ3v) is 4.45. The lowest BCUT2D eigenvalue weighted by Crippen LogP contribution is -1.93. The molecule has 0 nitrogen and oxygen atoms in total. The molecule has 0 aliphatic rings. The summed E-state index contributed by atoms with van der Waals surface area (Å²) in [6.45, 7) is 2.04. The summed E-state index contributed by atoms with van der Waals surface area (Å²) in [4.78, 5) is 0. The molecule has 0 fully saturated rings. The van der Waals surface area contributed by atoms with Crippen molar-refractivity contribution in [2.75, 3.05) is 0 Å². The second-order valence-corrected chi connectivity index (χ2v) is 6.33. The lowest BCUT2D eigenvalue weighted by molar-refractivity contribution is 0.506. The van der Waals surface area contributed by atoms with Crippen LogP contribution in [0, 0.1) is 22.1 Å². The minimum Gasteiger partial charge on any atom is -0.203 e. The predicted molar refractivity (Wildman–Crippen MR) is 94.7 cm³/mol. The molecule has 0 spiro atoms. The zero-order valence-corrected chi connectivity index (χ0v) is 14.1. The molecule has 0 radical (unpaired) electrons. The van der Waals surface area contributed by atoms with Crippen LogP contribution in [0.5, 0.6) is 0 Å². The van der Waals surface area contributed by atoms with Gasteiger partial charge in [0, 0.05) is 5.56 Å². The molecule has 0 aliphatic heterocycles. The van der Waals surface area contributed by atoms with Gasteiger partial charge in [-0.25, -0.2) is 8.78 Å². The van der Waals surface area contributed by atoms with E-state index in [-0.39, 0.29) is 9.13 Å². The van der Waals surface area contributed by atoms with Crippen molar-refractivity contribution in [2.24, 2.45) is 0 Å². The summed E-state index contributed by atoms with van der Waals surface area (Å²) in [6.07, 6.45) is 0. The first-order valence-electron chi connectivity index (χ1n) is 6.87. The van der Waals surface area contributed by atoms with Crippen molar-refractivity contribution in [3.05, 3.63) is 81.4 Å². The van der Waals surface area contributed by atoms with Crippen molar-refractivity contribution in [2.45, 2.75) is 6.92 Å². The maximum absolute atomic E-state index is 14.0. The van der Waals surface area contributed by atoms with E-state index in [1.54, 1.807) is 34.7 Å². The Labute approximate surface area is 142 Å². The van der Waals surface area contributed by atoms with Crippen molar-refractivity contribution in [1.29, 1.82) is 0 Å². The summed E-state index contributed by atoms with van der Waals surface area (Å²) in [6, 6.07) is 18.9. The van der Waals surface area contributed by atoms with Crippen LogP contribution in [-0.2, 0) is 0 Å². The van der Waals surface area contributed by atoms with E-state index < -0.39 is 11.6 Å². The van der Waals surface area contributed by atoms with E-state index in [4.69, 9.17) is 0 Å². The minimum absolute atomic E-state index is 0.286. The molecule has 22 heavy (non-hydrogen) atoms. The largest absolute Gasteiger partial charge is 0.203 e. The molecule has 0 atom stereocenters. The number of halogens is 3. The molecule has 3 rings (SSSR count). The lowest BCUT2D eigenvalue weighted by Gasteiger charge is -2.08. The molecule has 0 saturated heterocycles. The van der Waals surface area contributed by atoms with E-state index in [1.807, 2.05) is 31.2 Å². The van der Waals surface area contributed by atoms with Gasteiger partial charge in [0.1, 0.15) is 0 Å². The van der Waals surface area contributed by atoms with E-state index >= 15 is 0 Å². The summed E-state index contributed by atoms with van der Waals surface area (Å²) < 4.78 is 28.0. The van der Waals surface area contributed by atoms with E-state index in [0.717, 1.165) is 11.1 Å². The molecule has 0 unspecified atom stereocenters. The first-order chi connectivity index (χ1) is 10.6. The van der Waals surface area contributed by atoms with Crippen molar-refractivity contribution in [3.8, 4) is 22.3 Å². The molecule has 0 aromatic heterocycles. The van der Waals surface area contributed by atoms with Gasteiger partial charge in [-0.2, -0.15) is 0 Å². The number of hydrogen-bond acceptors (Lipinski definition) is 0. The first-order valence-corrected chi connectivity index (χ1v) is 7.95. The van der Waals surface area contributed by atoms with Crippen molar-refractivity contribution in [3.63, 3.8) is 0 Å². The second kappa shape index (κ2) is 6.16. The SMILES string of the molecule is Cc1ccc(-c2ccc(-c3ccc(I)c(F)c3F)cc2)cc1. The molecule has 0 amide bonds. The van der Waals surface area contributed by atoms with Crippen LogP contribution in [0.15, 0.2) is 60.7 Å². The van der Waals surface area contributed by atoms with Gasteiger partial charge in [0.25, 0.3) is 0 Å². The zero-order valence-electron chi connectivity index (χ0n) is 11.9. The number of benzene rings is 3. The van der Waals surface area contributed by atoms with E-state index in [2.05, 4.69) is 24.3 Å². The van der Waals surface area contributed by atoms with E-state index in [1.165, 1.54) is 5.56 Å². The fraction of sp³-hybridized carbons (Fsp3) is 0.0526. The van der Waals surface area contributed by atoms with Gasteiger partial charge in [0.2, 0.25) is 0 Å². The Kier molecular flexibility index (Phi) is 4.25. The number of hydrogen-bond donors (Lipinski definition) is 0. The molecule has 0 aliphatic carbocycles. The summed E-state index contributed by atoms with van der Waals surface area (Å²) in [5, 5.41) is 0. The first kappa shape index (κ1) is 15.2. The molecule has 110 valence electrons. The van der Waals surface area contributed by atoms with Crippen LogP contribution in [-0.4, -0.2) is 0 Å². The highest BCUT2D eigenvalue weighted by atomic mass is 127. The van der Waals surface area contributed by atoms with Crippen LogP contribution in [0.1, 0.15) is 5.56 Å². The Bertz CT molecular complexity index is 806. The predicted octanol–water partition coefficient (Wildman–Crippen LogP) is 6.21. The Morgan fingerprint density at radius 3 is 1.73 bits per heavy atom. The molecular weight excluding hydrogens is 393 g/mol. The van der Waals surface area contributed by atoms with Crippen molar-refractivity contribution in [1.82, 2.24) is 0 Å². The van der Waals surface area contributed by atoms with Crippen LogP contribution in [0.4, 0.5) is 8.78 Å². The highest BCUT2D eigenvalue weighted by Gasteiger charge is 2.13. The van der Waals surface area contributed by atoms with Gasteiger partial charge in [0.15, 0.2) is 11.6 Å². The van der Waals surface area contributed by atoms with Gasteiger partial charge in [-0.1, -0.05) is 60.2 Å². The number of rotatable bonds is 2. The molecule has 3 aromatic rings. The van der Waals surface area contributed by atoms with Crippen LogP contribution in [0.2, 0.25) is 0 Å². The van der Waals surface area contributed by atoms with Crippen LogP contribution >= 0.6 is 22.6 Å². The quantitative estimate of drug-likeness (QED) is 0.351. The van der Waals surface area contributed by atoms with Crippen LogP contribution < -0.4 is 0 Å². The average molecular weight is 406 g/mol. The van der Waals surface area contributed by atoms with Crippen molar-refractivity contribution < 1.29 is 8.78 Å². The molecule has 3 aromatic carbocycles. The Hall–Kier alpha value is -1.75. The normalized spacial score (nSPS) is 10.7. The highest BCUT2D eigenvalue weighted by Crippen LogP contribution is 2.29. The fourth-order valence-electron chi connectivity index (χ4n) is 2.34. The van der Waals surface area contributed by atoms with Gasteiger partial charge >= 0.3 is 0 Å². The standard InChI is InChI=1S/C19H13F2I/c1-12-2-4-13(5-3-12)14-6-8-15(9-7-14)16-10-11-17(22)19(21)18(16)20/h2-11H,1H3. The van der Waals surface area contributed by atoms with Gasteiger partial charge in [-0.15, -0.1) is 0 Å². The van der Waals surface area contributed by atoms with Crippen LogP contribution in [0.25, 0.3) is 22.3 Å². The van der Waals surface area contributed by atoms with Gasteiger partial charge in [-0.05, 0) is 52.3 Å². The molecule has 0 heterocycles. The van der Waals surface area contributed by atoms with E-state index in [0.29, 0.717) is 5.56 Å². The van der Waals surface area contributed by atoms with Gasteiger partial charge in [0.05, 0.1) is 3.57 Å². The topological polar surface area (TPSA) is 0 Å². The third-order valence-electron chi connectivity index (χ3n) is 3.62. The van der Waals surface area contributed by atoms with Gasteiger partial charge < -0.3 is 0 Å². The molecule has 0 bridgehead atoms. The Morgan fingerprint density at radius 2 is 1.14 bits per heavy atom. The Balaban J connectivity index is 1.98. The molecule has 3 heteroatoms. The minimum atomic E-state index is -0.796. The monoisotopic (exact) mass is 406 g/mol. The lowest BCUT2D eigenvalue weighted by atomic mass is 9.99. The fourth-order valence-corrected chi connectivity index (χ4v) is 2.75. The zero-order chi connectivity index (χ0) is 15.7. The van der Waals surface area contributed by atoms with Crippen molar-refractivity contribution >= 4 is 22.6 Å². The summed E-state index contributed by atoms with van der Waals surface area (Å²) in [5.41, 5.74) is 4.32.